The lowest BCUT2D eigenvalue weighted by atomic mass is 10.1. The zero-order valence-corrected chi connectivity index (χ0v) is 12.2. The van der Waals surface area contributed by atoms with E-state index in [0.29, 0.717) is 24.3 Å². The molecule has 2 aromatic rings. The zero-order chi connectivity index (χ0) is 16.2. The van der Waals surface area contributed by atoms with E-state index < -0.39 is 11.8 Å². The maximum atomic E-state index is 12.1. The van der Waals surface area contributed by atoms with Crippen LogP contribution in [0.25, 0.3) is 0 Å². The third kappa shape index (κ3) is 3.21. The highest BCUT2D eigenvalue weighted by atomic mass is 16.5. The SMILES string of the molecule is O=C(NCCOc1ccccc1)c1ccc2c(c1)C(=O)NC2=O. The molecular weight excluding hydrogens is 296 g/mol. The van der Waals surface area contributed by atoms with Crippen molar-refractivity contribution in [2.24, 2.45) is 0 Å². The van der Waals surface area contributed by atoms with Gasteiger partial charge in [-0.15, -0.1) is 0 Å². The second kappa shape index (κ2) is 6.31. The molecule has 1 heterocycles. The summed E-state index contributed by atoms with van der Waals surface area (Å²) in [5.41, 5.74) is 0.843. The number of benzene rings is 2. The number of hydrogen-bond acceptors (Lipinski definition) is 4. The lowest BCUT2D eigenvalue weighted by molar-refractivity contribution is 0.0878. The lowest BCUT2D eigenvalue weighted by Crippen LogP contribution is -2.28. The summed E-state index contributed by atoms with van der Waals surface area (Å²) >= 11 is 0. The number of carbonyl (C=O) groups is 3. The van der Waals surface area contributed by atoms with Crippen molar-refractivity contribution in [3.05, 3.63) is 65.2 Å². The van der Waals surface area contributed by atoms with Crippen molar-refractivity contribution < 1.29 is 19.1 Å². The maximum absolute atomic E-state index is 12.1. The number of amides is 3. The Bertz CT molecular complexity index is 771. The number of rotatable bonds is 5. The molecule has 6 nitrogen and oxygen atoms in total. The topological polar surface area (TPSA) is 84.5 Å². The van der Waals surface area contributed by atoms with Gasteiger partial charge in [-0.3, -0.25) is 19.7 Å². The average molecular weight is 310 g/mol. The number of ether oxygens (including phenoxy) is 1. The van der Waals surface area contributed by atoms with E-state index >= 15 is 0 Å². The molecule has 0 fully saturated rings. The lowest BCUT2D eigenvalue weighted by Gasteiger charge is -2.08. The first kappa shape index (κ1) is 14.8. The summed E-state index contributed by atoms with van der Waals surface area (Å²) < 4.78 is 5.47. The molecule has 1 aliphatic rings. The highest BCUT2D eigenvalue weighted by Gasteiger charge is 2.27. The number of fused-ring (bicyclic) bond motifs is 1. The maximum Gasteiger partial charge on any atom is 0.258 e. The van der Waals surface area contributed by atoms with Gasteiger partial charge in [-0.25, -0.2) is 0 Å². The van der Waals surface area contributed by atoms with Gasteiger partial charge in [-0.1, -0.05) is 18.2 Å². The first-order valence-electron chi connectivity index (χ1n) is 7.11. The van der Waals surface area contributed by atoms with Crippen molar-refractivity contribution >= 4 is 17.7 Å². The second-order valence-corrected chi connectivity index (χ2v) is 4.96. The average Bonchev–Trinajstić information content (AvgIpc) is 2.86. The first-order chi connectivity index (χ1) is 11.1. The zero-order valence-electron chi connectivity index (χ0n) is 12.2. The van der Waals surface area contributed by atoms with Gasteiger partial charge in [0.15, 0.2) is 0 Å². The Morgan fingerprint density at radius 3 is 2.52 bits per heavy atom. The van der Waals surface area contributed by atoms with Gasteiger partial charge in [0.25, 0.3) is 17.7 Å². The Morgan fingerprint density at radius 1 is 1.00 bits per heavy atom. The molecule has 0 aliphatic carbocycles. The second-order valence-electron chi connectivity index (χ2n) is 4.96. The molecule has 0 saturated carbocycles. The minimum absolute atomic E-state index is 0.225. The molecule has 1 aliphatic heterocycles. The van der Waals surface area contributed by atoms with Crippen LogP contribution < -0.4 is 15.4 Å². The van der Waals surface area contributed by atoms with Crippen LogP contribution in [-0.4, -0.2) is 30.9 Å². The minimum atomic E-state index is -0.480. The highest BCUT2D eigenvalue weighted by molar-refractivity contribution is 6.22. The molecule has 0 radical (unpaired) electrons. The van der Waals surface area contributed by atoms with E-state index in [4.69, 9.17) is 4.74 Å². The fraction of sp³-hybridized carbons (Fsp3) is 0.118. The van der Waals surface area contributed by atoms with E-state index in [1.54, 1.807) is 0 Å². The van der Waals surface area contributed by atoms with Crippen LogP contribution in [0.2, 0.25) is 0 Å². The first-order valence-corrected chi connectivity index (χ1v) is 7.11. The molecule has 0 saturated heterocycles. The quantitative estimate of drug-likeness (QED) is 0.645. The van der Waals surface area contributed by atoms with E-state index in [9.17, 15) is 14.4 Å². The van der Waals surface area contributed by atoms with Crippen molar-refractivity contribution in [3.63, 3.8) is 0 Å². The number of carbonyl (C=O) groups excluding carboxylic acids is 3. The van der Waals surface area contributed by atoms with E-state index in [0.717, 1.165) is 5.75 Å². The fourth-order valence-electron chi connectivity index (χ4n) is 2.26. The van der Waals surface area contributed by atoms with Crippen molar-refractivity contribution in [2.75, 3.05) is 13.2 Å². The third-order valence-electron chi connectivity index (χ3n) is 3.40. The Morgan fingerprint density at radius 2 is 1.74 bits per heavy atom. The molecule has 3 amide bonds. The van der Waals surface area contributed by atoms with Gasteiger partial charge in [0.1, 0.15) is 12.4 Å². The molecule has 23 heavy (non-hydrogen) atoms. The summed E-state index contributed by atoms with van der Waals surface area (Å²) in [7, 11) is 0. The molecule has 0 unspecified atom stereocenters. The molecule has 2 aromatic carbocycles. The summed E-state index contributed by atoms with van der Waals surface area (Å²) in [6.45, 7) is 0.662. The van der Waals surface area contributed by atoms with Crippen LogP contribution in [0.5, 0.6) is 5.75 Å². The van der Waals surface area contributed by atoms with Gasteiger partial charge < -0.3 is 10.1 Å². The third-order valence-corrected chi connectivity index (χ3v) is 3.40. The highest BCUT2D eigenvalue weighted by Crippen LogP contribution is 2.17. The molecule has 0 bridgehead atoms. The van der Waals surface area contributed by atoms with Gasteiger partial charge in [0.2, 0.25) is 0 Å². The Balaban J connectivity index is 1.56. The van der Waals surface area contributed by atoms with Gasteiger partial charge in [0, 0.05) is 5.56 Å². The van der Waals surface area contributed by atoms with Crippen molar-refractivity contribution in [2.45, 2.75) is 0 Å². The minimum Gasteiger partial charge on any atom is -0.492 e. The number of hydrogen-bond donors (Lipinski definition) is 2. The van der Waals surface area contributed by atoms with Gasteiger partial charge >= 0.3 is 0 Å². The van der Waals surface area contributed by atoms with E-state index in [-0.39, 0.29) is 11.5 Å². The number of imide groups is 1. The van der Waals surface area contributed by atoms with Gasteiger partial charge in [-0.05, 0) is 30.3 Å². The molecule has 2 N–H and O–H groups in total. The standard InChI is InChI=1S/C17H14N2O4/c20-15(18-8-9-23-12-4-2-1-3-5-12)11-6-7-13-14(10-11)17(22)19-16(13)21/h1-7,10H,8-9H2,(H,18,20)(H,19,21,22). The monoisotopic (exact) mass is 310 g/mol. The summed E-state index contributed by atoms with van der Waals surface area (Å²) in [4.78, 5) is 35.1. The molecular formula is C17H14N2O4. The summed E-state index contributed by atoms with van der Waals surface area (Å²) in [5, 5.41) is 4.90. The largest absolute Gasteiger partial charge is 0.492 e. The van der Waals surface area contributed by atoms with Crippen molar-refractivity contribution in [3.8, 4) is 5.75 Å². The summed E-state index contributed by atoms with van der Waals surface area (Å²) in [6, 6.07) is 13.7. The Hall–Kier alpha value is -3.15. The molecule has 0 spiro atoms. The van der Waals surface area contributed by atoms with Crippen LogP contribution in [0.4, 0.5) is 0 Å². The van der Waals surface area contributed by atoms with Crippen molar-refractivity contribution in [1.82, 2.24) is 10.6 Å². The summed E-state index contributed by atoms with van der Waals surface area (Å²) in [5.74, 6) is -0.508. The predicted octanol–water partition coefficient (Wildman–Crippen LogP) is 1.38. The van der Waals surface area contributed by atoms with Crippen LogP contribution in [0.1, 0.15) is 31.1 Å². The molecule has 116 valence electrons. The molecule has 0 aromatic heterocycles. The van der Waals surface area contributed by atoms with E-state index in [2.05, 4.69) is 10.6 Å². The fourth-order valence-corrected chi connectivity index (χ4v) is 2.26. The Labute approximate surface area is 132 Å². The van der Waals surface area contributed by atoms with E-state index in [1.807, 2.05) is 30.3 Å². The smallest absolute Gasteiger partial charge is 0.258 e. The Kier molecular flexibility index (Phi) is 4.05. The predicted molar refractivity (Wildman–Crippen MR) is 82.5 cm³/mol. The summed E-state index contributed by atoms with van der Waals surface area (Å²) in [6.07, 6.45) is 0. The number of nitrogens with one attached hydrogen (secondary N) is 2. The van der Waals surface area contributed by atoms with Gasteiger partial charge in [0.05, 0.1) is 17.7 Å². The molecule has 6 heteroatoms. The molecule has 0 atom stereocenters. The van der Waals surface area contributed by atoms with Crippen LogP contribution in [-0.2, 0) is 0 Å². The molecule has 3 rings (SSSR count). The van der Waals surface area contributed by atoms with Crippen LogP contribution in [0, 0.1) is 0 Å². The normalized spacial score (nSPS) is 12.5. The van der Waals surface area contributed by atoms with Crippen molar-refractivity contribution in [1.29, 1.82) is 0 Å². The van der Waals surface area contributed by atoms with Crippen LogP contribution >= 0.6 is 0 Å². The van der Waals surface area contributed by atoms with Gasteiger partial charge in [-0.2, -0.15) is 0 Å². The van der Waals surface area contributed by atoms with Crippen LogP contribution in [0.3, 0.4) is 0 Å². The van der Waals surface area contributed by atoms with E-state index in [1.165, 1.54) is 18.2 Å². The van der Waals surface area contributed by atoms with Crippen LogP contribution in [0.15, 0.2) is 48.5 Å². The number of para-hydroxylation sites is 1.